The van der Waals surface area contributed by atoms with Crippen molar-refractivity contribution in [2.24, 2.45) is 17.2 Å². The summed E-state index contributed by atoms with van der Waals surface area (Å²) in [5, 5.41) is 15.4. The fourth-order valence-corrected chi connectivity index (χ4v) is 0.461. The Morgan fingerprint density at radius 1 is 1.31 bits per heavy atom. The minimum absolute atomic E-state index is 0.464. The molecule has 0 aromatic rings. The van der Waals surface area contributed by atoms with E-state index in [1.54, 1.807) is 0 Å². The van der Waals surface area contributed by atoms with Gasteiger partial charge in [-0.3, -0.25) is 4.79 Å². The van der Waals surface area contributed by atoms with Crippen LogP contribution in [0, 0.1) is 0 Å². The van der Waals surface area contributed by atoms with E-state index in [9.17, 15) is 4.79 Å². The number of primary amides is 1. The molecule has 1 amide bonds. The number of carboxylic acid groups (broad SMARTS) is 2. The SMILES string of the molecule is NC(=O)O.NCCC[C@H](N)C(=O)O. The summed E-state index contributed by atoms with van der Waals surface area (Å²) in [5.41, 5.74) is 14.3. The molecule has 0 spiro atoms. The van der Waals surface area contributed by atoms with Gasteiger partial charge >= 0.3 is 12.1 Å². The number of carboxylic acids is 1. The summed E-state index contributed by atoms with van der Waals surface area (Å²) in [6, 6.07) is -0.742. The molecule has 7 nitrogen and oxygen atoms in total. The van der Waals surface area contributed by atoms with E-state index in [4.69, 9.17) is 26.5 Å². The average molecular weight is 193 g/mol. The molecule has 0 saturated carbocycles. The molecule has 0 heterocycles. The smallest absolute Gasteiger partial charge is 0.402 e. The van der Waals surface area contributed by atoms with Gasteiger partial charge in [0.05, 0.1) is 0 Å². The number of nitrogens with two attached hydrogens (primary N) is 3. The maximum Gasteiger partial charge on any atom is 0.402 e. The first-order valence-corrected chi connectivity index (χ1v) is 3.58. The largest absolute Gasteiger partial charge is 0.480 e. The van der Waals surface area contributed by atoms with E-state index >= 15 is 0 Å². The van der Waals surface area contributed by atoms with Crippen LogP contribution in [0.25, 0.3) is 0 Å². The number of amides is 1. The van der Waals surface area contributed by atoms with Crippen LogP contribution in [0.2, 0.25) is 0 Å². The van der Waals surface area contributed by atoms with Crippen molar-refractivity contribution in [3.05, 3.63) is 0 Å². The van der Waals surface area contributed by atoms with Crippen LogP contribution in [0.15, 0.2) is 0 Å². The van der Waals surface area contributed by atoms with Crippen molar-refractivity contribution in [3.8, 4) is 0 Å². The number of rotatable bonds is 4. The van der Waals surface area contributed by atoms with Crippen molar-refractivity contribution >= 4 is 12.1 Å². The second-order valence-electron chi connectivity index (χ2n) is 2.21. The van der Waals surface area contributed by atoms with Crippen LogP contribution in [-0.2, 0) is 4.79 Å². The lowest BCUT2D eigenvalue weighted by molar-refractivity contribution is -0.138. The Balaban J connectivity index is 0. The molecule has 8 N–H and O–H groups in total. The third-order valence-corrected chi connectivity index (χ3v) is 1.04. The zero-order chi connectivity index (χ0) is 10.9. The number of hydrogen-bond acceptors (Lipinski definition) is 4. The van der Waals surface area contributed by atoms with Gasteiger partial charge in [-0.1, -0.05) is 0 Å². The van der Waals surface area contributed by atoms with Gasteiger partial charge in [-0.15, -0.1) is 0 Å². The molecule has 1 atom stereocenters. The predicted molar refractivity (Wildman–Crippen MR) is 46.1 cm³/mol. The summed E-state index contributed by atoms with van der Waals surface area (Å²) < 4.78 is 0. The third-order valence-electron chi connectivity index (χ3n) is 1.04. The maximum atomic E-state index is 10.0. The van der Waals surface area contributed by atoms with Crippen LogP contribution in [0.3, 0.4) is 0 Å². The molecular formula is C6H15N3O4. The Kier molecular flexibility index (Phi) is 9.56. The predicted octanol–water partition coefficient (Wildman–Crippen LogP) is -1.24. The zero-order valence-electron chi connectivity index (χ0n) is 7.14. The first-order chi connectivity index (χ1) is 5.91. The van der Waals surface area contributed by atoms with Crippen LogP contribution in [-0.4, -0.2) is 34.9 Å². The van der Waals surface area contributed by atoms with E-state index < -0.39 is 18.1 Å². The van der Waals surface area contributed by atoms with Crippen molar-refractivity contribution in [1.82, 2.24) is 0 Å². The first kappa shape index (κ1) is 14.2. The molecule has 13 heavy (non-hydrogen) atoms. The number of carbonyl (C=O) groups is 2. The number of aliphatic carboxylic acids is 1. The van der Waals surface area contributed by atoms with Gasteiger partial charge in [-0.2, -0.15) is 0 Å². The van der Waals surface area contributed by atoms with E-state index in [1.165, 1.54) is 0 Å². The van der Waals surface area contributed by atoms with Gasteiger partial charge in [0.15, 0.2) is 0 Å². The monoisotopic (exact) mass is 193 g/mol. The Labute approximate surface area is 75.5 Å². The van der Waals surface area contributed by atoms with Gasteiger partial charge in [0.25, 0.3) is 0 Å². The fourth-order valence-electron chi connectivity index (χ4n) is 0.461. The Morgan fingerprint density at radius 2 is 1.69 bits per heavy atom. The van der Waals surface area contributed by atoms with Crippen LogP contribution >= 0.6 is 0 Å². The standard InChI is InChI=1S/C5H12N2O2.CH3NO2/c6-3-1-2-4(7)5(8)9;2-1(3)4/h4H,1-3,6-7H2,(H,8,9);2H2,(H,3,4)/t4-;/m0./s1. The van der Waals surface area contributed by atoms with Gasteiger partial charge in [-0.05, 0) is 19.4 Å². The van der Waals surface area contributed by atoms with Crippen molar-refractivity contribution < 1.29 is 19.8 Å². The molecule has 0 bridgehead atoms. The highest BCUT2D eigenvalue weighted by molar-refractivity contribution is 5.72. The molecule has 0 rings (SSSR count). The van der Waals surface area contributed by atoms with Crippen molar-refractivity contribution in [2.75, 3.05) is 6.54 Å². The lowest BCUT2D eigenvalue weighted by Gasteiger charge is -2.02. The first-order valence-electron chi connectivity index (χ1n) is 3.58. The van der Waals surface area contributed by atoms with E-state index in [0.29, 0.717) is 19.4 Å². The molecule has 0 saturated heterocycles. The quantitative estimate of drug-likeness (QED) is 0.376. The molecule has 78 valence electrons. The van der Waals surface area contributed by atoms with Gasteiger partial charge in [-0.25, -0.2) is 4.79 Å². The van der Waals surface area contributed by atoms with Gasteiger partial charge in [0.1, 0.15) is 6.04 Å². The highest BCUT2D eigenvalue weighted by Crippen LogP contribution is 1.91. The topological polar surface area (TPSA) is 153 Å². The van der Waals surface area contributed by atoms with Gasteiger partial charge < -0.3 is 27.4 Å². The molecular weight excluding hydrogens is 178 g/mol. The molecule has 0 fully saturated rings. The highest BCUT2D eigenvalue weighted by Gasteiger charge is 2.08. The summed E-state index contributed by atoms with van der Waals surface area (Å²) in [5.74, 6) is -0.955. The van der Waals surface area contributed by atoms with Crippen LogP contribution in [0.4, 0.5) is 4.79 Å². The summed E-state index contributed by atoms with van der Waals surface area (Å²) in [6.45, 7) is 0.501. The van der Waals surface area contributed by atoms with Crippen LogP contribution in [0.5, 0.6) is 0 Å². The van der Waals surface area contributed by atoms with E-state index in [1.807, 2.05) is 0 Å². The van der Waals surface area contributed by atoms with E-state index in [-0.39, 0.29) is 0 Å². The molecule has 7 heteroatoms. The minimum Gasteiger partial charge on any atom is -0.480 e. The summed E-state index contributed by atoms with van der Waals surface area (Å²) in [4.78, 5) is 18.8. The molecule has 0 radical (unpaired) electrons. The second-order valence-corrected chi connectivity index (χ2v) is 2.21. The van der Waals surface area contributed by atoms with Crippen molar-refractivity contribution in [1.29, 1.82) is 0 Å². The van der Waals surface area contributed by atoms with E-state index in [0.717, 1.165) is 0 Å². The molecule has 0 unspecified atom stereocenters. The lowest BCUT2D eigenvalue weighted by atomic mass is 10.2. The maximum absolute atomic E-state index is 10.0. The Bertz CT molecular complexity index is 158. The minimum atomic E-state index is -1.33. The third kappa shape index (κ3) is 18.0. The van der Waals surface area contributed by atoms with Crippen molar-refractivity contribution in [3.63, 3.8) is 0 Å². The van der Waals surface area contributed by atoms with Crippen LogP contribution < -0.4 is 17.2 Å². The fraction of sp³-hybridized carbons (Fsp3) is 0.667. The zero-order valence-corrected chi connectivity index (χ0v) is 7.14. The molecule has 0 aliphatic carbocycles. The van der Waals surface area contributed by atoms with Crippen molar-refractivity contribution in [2.45, 2.75) is 18.9 Å². The highest BCUT2D eigenvalue weighted by atomic mass is 16.4. The molecule has 0 aromatic heterocycles. The van der Waals surface area contributed by atoms with Gasteiger partial charge in [0.2, 0.25) is 0 Å². The Hall–Kier alpha value is -1.34. The molecule has 0 aromatic carbocycles. The Morgan fingerprint density at radius 3 is 1.92 bits per heavy atom. The van der Waals surface area contributed by atoms with Crippen LogP contribution in [0.1, 0.15) is 12.8 Å². The van der Waals surface area contributed by atoms with Gasteiger partial charge in [0, 0.05) is 0 Å². The molecule has 0 aliphatic rings. The van der Waals surface area contributed by atoms with E-state index in [2.05, 4.69) is 5.73 Å². The average Bonchev–Trinajstić information content (AvgIpc) is 1.98. The number of hydrogen-bond donors (Lipinski definition) is 5. The summed E-state index contributed by atoms with van der Waals surface area (Å²) >= 11 is 0. The second kappa shape index (κ2) is 8.75. The summed E-state index contributed by atoms with van der Waals surface area (Å²) in [6.07, 6.45) is -0.195. The normalized spacial score (nSPS) is 10.9. The molecule has 0 aliphatic heterocycles. The lowest BCUT2D eigenvalue weighted by Crippen LogP contribution is -2.30. The summed E-state index contributed by atoms with van der Waals surface area (Å²) in [7, 11) is 0.